The van der Waals surface area contributed by atoms with Crippen LogP contribution in [0.15, 0.2) is 243 Å². The second-order valence-corrected chi connectivity index (χ2v) is 22.7. The summed E-state index contributed by atoms with van der Waals surface area (Å²) in [7, 11) is 0. The van der Waals surface area contributed by atoms with Gasteiger partial charge in [-0.1, -0.05) is 197 Å². The molecule has 1 spiro atoms. The summed E-state index contributed by atoms with van der Waals surface area (Å²) in [5.41, 5.74) is 23.9. The van der Waals surface area contributed by atoms with Crippen molar-refractivity contribution in [1.29, 1.82) is 0 Å². The Morgan fingerprint density at radius 2 is 1.10 bits per heavy atom. The van der Waals surface area contributed by atoms with Gasteiger partial charge in [-0.15, -0.1) is 0 Å². The van der Waals surface area contributed by atoms with Crippen LogP contribution in [0.25, 0.3) is 83.4 Å². The highest BCUT2D eigenvalue weighted by molar-refractivity contribution is 6.09. The van der Waals surface area contributed by atoms with Gasteiger partial charge in [0.05, 0.1) is 38.9 Å². The van der Waals surface area contributed by atoms with Crippen molar-refractivity contribution in [3.8, 4) is 62.1 Å². The molecule has 3 aliphatic carbocycles. The summed E-state index contributed by atoms with van der Waals surface area (Å²) in [6.45, 7) is 6.73. The van der Waals surface area contributed by atoms with Crippen LogP contribution >= 0.6 is 0 Å². The van der Waals surface area contributed by atoms with E-state index in [4.69, 9.17) is 9.72 Å². The number of fused-ring (bicyclic) bond motifs is 17. The van der Waals surface area contributed by atoms with Crippen LogP contribution in [0.5, 0.6) is 11.5 Å². The summed E-state index contributed by atoms with van der Waals surface area (Å²) < 4.78 is 13.7. The number of rotatable bonds is 5. The lowest BCUT2D eigenvalue weighted by Crippen LogP contribution is -2.64. The molecule has 78 heavy (non-hydrogen) atoms. The summed E-state index contributed by atoms with van der Waals surface area (Å²) in [6, 6.07) is 87.6. The first-order valence-electron chi connectivity index (χ1n) is 27.2. The lowest BCUT2D eigenvalue weighted by Gasteiger charge is -2.65. The number of aromatic nitrogens is 4. The molecule has 1 aliphatic heterocycles. The Hall–Kier alpha value is -9.58. The third-order valence-electron chi connectivity index (χ3n) is 18.0. The van der Waals surface area contributed by atoms with Gasteiger partial charge in [-0.3, -0.25) is 13.7 Å². The Labute approximate surface area is 452 Å². The second kappa shape index (κ2) is 15.5. The Morgan fingerprint density at radius 1 is 0.487 bits per heavy atom. The number of pyridine rings is 1. The Morgan fingerprint density at radius 3 is 1.95 bits per heavy atom. The van der Waals surface area contributed by atoms with Crippen LogP contribution in [0.2, 0.25) is 0 Å². The molecular weight excluding hydrogens is 949 g/mol. The molecule has 3 unspecified atom stereocenters. The minimum Gasteiger partial charge on any atom is -0.458 e. The lowest BCUT2D eigenvalue weighted by atomic mass is 9.35. The van der Waals surface area contributed by atoms with Gasteiger partial charge in [0.2, 0.25) is 0 Å². The van der Waals surface area contributed by atoms with Crippen molar-refractivity contribution >= 4 is 32.8 Å². The van der Waals surface area contributed by atoms with E-state index in [1.54, 1.807) is 0 Å². The topological polar surface area (TPSA) is 35.9 Å². The van der Waals surface area contributed by atoms with Crippen molar-refractivity contribution in [3.05, 3.63) is 294 Å². The van der Waals surface area contributed by atoms with E-state index < -0.39 is 5.41 Å². The van der Waals surface area contributed by atoms with Gasteiger partial charge in [-0.2, -0.15) is 0 Å². The maximum atomic E-state index is 6.90. The minimum atomic E-state index is -0.446. The molecule has 0 bridgehead atoms. The van der Waals surface area contributed by atoms with Crippen molar-refractivity contribution in [1.82, 2.24) is 14.1 Å². The molecule has 17 rings (SSSR count). The lowest BCUT2D eigenvalue weighted by molar-refractivity contribution is -0.571. The first-order chi connectivity index (χ1) is 38.3. The molecule has 0 fully saturated rings. The monoisotopic (exact) mass is 998 g/mol. The third-order valence-corrected chi connectivity index (χ3v) is 18.0. The van der Waals surface area contributed by atoms with Gasteiger partial charge in [-0.25, -0.2) is 4.98 Å². The molecule has 3 aromatic heterocycles. The summed E-state index contributed by atoms with van der Waals surface area (Å²) in [4.78, 5) is 4.93. The maximum absolute atomic E-state index is 6.90. The predicted molar refractivity (Wildman–Crippen MR) is 313 cm³/mol. The van der Waals surface area contributed by atoms with E-state index in [1.807, 2.05) is 12.3 Å². The van der Waals surface area contributed by atoms with Crippen LogP contribution in [0.3, 0.4) is 0 Å². The fourth-order valence-corrected chi connectivity index (χ4v) is 15.0. The van der Waals surface area contributed by atoms with E-state index in [-0.39, 0.29) is 16.7 Å². The van der Waals surface area contributed by atoms with Crippen LogP contribution in [-0.4, -0.2) is 14.1 Å². The van der Waals surface area contributed by atoms with Crippen LogP contribution < -0.4 is 9.30 Å². The molecule has 0 saturated carbocycles. The predicted octanol–water partition coefficient (Wildman–Crippen LogP) is 16.7. The number of hydrogen-bond donors (Lipinski definition) is 0. The molecule has 5 heteroatoms. The number of para-hydroxylation sites is 3. The molecule has 4 aliphatic rings. The van der Waals surface area contributed by atoms with Crippen molar-refractivity contribution in [2.75, 3.05) is 0 Å². The van der Waals surface area contributed by atoms with Crippen molar-refractivity contribution in [2.45, 2.75) is 42.9 Å². The number of nitrogens with zero attached hydrogens (tertiary/aromatic N) is 4. The summed E-state index contributed by atoms with van der Waals surface area (Å²) in [6.07, 6.45) is 5.92. The first-order valence-corrected chi connectivity index (χ1v) is 27.2. The molecule has 368 valence electrons. The van der Waals surface area contributed by atoms with E-state index in [2.05, 4.69) is 271 Å². The quantitative estimate of drug-likeness (QED) is 0.127. The highest BCUT2D eigenvalue weighted by Crippen LogP contribution is 2.82. The van der Waals surface area contributed by atoms with E-state index in [0.717, 1.165) is 61.7 Å². The van der Waals surface area contributed by atoms with Crippen LogP contribution in [0, 0.1) is 6.33 Å². The molecule has 0 radical (unpaired) electrons. The average molecular weight is 999 g/mol. The standard InChI is InChI=1S/C73H50N4O/c1-71(2,3)45-39-40-74-67(41-45)77-64-35-15-8-23-51(64)52-38-37-48(43-66(52)77)78-47-20-16-19-46(42-47)75-44-76-63-34-14-9-26-57(63)68-53(49-21-4-5-22-50(49)54-28-18-36-65(75)70(54)76)27-17-33-62(68)72-58-29-10-6-24-55(58)69-56-25-7-11-30-59(56)73(69,72)61-32-13-12-31-60(61)72/h4-43,69H,1-3H3. The summed E-state index contributed by atoms with van der Waals surface area (Å²) >= 11 is 0. The van der Waals surface area contributed by atoms with E-state index in [9.17, 15) is 0 Å². The molecule has 3 atom stereocenters. The van der Waals surface area contributed by atoms with Crippen molar-refractivity contribution in [3.63, 3.8) is 0 Å². The Kier molecular flexibility index (Phi) is 8.68. The molecule has 0 saturated heterocycles. The molecule has 13 aromatic rings. The average Bonchev–Trinajstić information content (AvgIpc) is 1.40. The smallest absolute Gasteiger partial charge is 0.269 e. The van der Waals surface area contributed by atoms with Gasteiger partial charge in [0.1, 0.15) is 17.3 Å². The molecule has 0 amide bonds. The Balaban J connectivity index is 0.855. The number of imidazole rings is 1. The van der Waals surface area contributed by atoms with E-state index >= 15 is 0 Å². The number of ether oxygens (including phenoxy) is 1. The molecule has 0 N–H and O–H groups in total. The van der Waals surface area contributed by atoms with Gasteiger partial charge >= 0.3 is 0 Å². The van der Waals surface area contributed by atoms with E-state index in [1.165, 1.54) is 77.7 Å². The Bertz CT molecular complexity index is 4730. The van der Waals surface area contributed by atoms with Gasteiger partial charge in [0.15, 0.2) is 0 Å². The van der Waals surface area contributed by atoms with Gasteiger partial charge in [-0.05, 0) is 138 Å². The van der Waals surface area contributed by atoms with Crippen molar-refractivity contribution in [2.24, 2.45) is 0 Å². The highest BCUT2D eigenvalue weighted by Gasteiger charge is 2.78. The largest absolute Gasteiger partial charge is 0.458 e. The zero-order chi connectivity index (χ0) is 51.6. The zero-order valence-electron chi connectivity index (χ0n) is 43.4. The van der Waals surface area contributed by atoms with Crippen molar-refractivity contribution < 1.29 is 9.30 Å². The molecule has 5 nitrogen and oxygen atoms in total. The summed E-state index contributed by atoms with van der Waals surface area (Å²) in [5, 5.41) is 2.32. The third kappa shape index (κ3) is 5.45. The summed E-state index contributed by atoms with van der Waals surface area (Å²) in [5.74, 6) is 2.61. The van der Waals surface area contributed by atoms with E-state index in [0.29, 0.717) is 0 Å². The van der Waals surface area contributed by atoms with Gasteiger partial charge in [0, 0.05) is 34.4 Å². The number of hydrogen-bond acceptors (Lipinski definition) is 2. The normalized spacial score (nSPS) is 17.9. The zero-order valence-corrected chi connectivity index (χ0v) is 43.4. The maximum Gasteiger partial charge on any atom is 0.269 e. The van der Waals surface area contributed by atoms with Gasteiger partial charge in [0.25, 0.3) is 6.33 Å². The van der Waals surface area contributed by atoms with Crippen LogP contribution in [0.1, 0.15) is 71.2 Å². The van der Waals surface area contributed by atoms with Crippen LogP contribution in [0.4, 0.5) is 0 Å². The molecule has 10 aromatic carbocycles. The fraction of sp³-hybridized carbons (Fsp3) is 0.0959. The van der Waals surface area contributed by atoms with Gasteiger partial charge < -0.3 is 4.74 Å². The number of benzene rings is 10. The molecular formula is C73H50N4O. The SMILES string of the molecule is CC(C)(C)c1ccnc(-n2c3ccccc3c3ccc(Oc4cccc(-n5[c-][n+]6c7c(cccc75)-c5ccccc5-c5cccc(C78c9ccccc9C9c%10ccccc%10C97c7ccccc78)c5-c5ccccc5-6)c4)cc32)c1. The highest BCUT2D eigenvalue weighted by atomic mass is 16.5. The second-order valence-electron chi connectivity index (χ2n) is 22.7. The fourth-order valence-electron chi connectivity index (χ4n) is 15.0. The minimum absolute atomic E-state index is 0.0272. The first kappa shape index (κ1) is 43.6. The molecule has 4 heterocycles. The van der Waals surface area contributed by atoms with Crippen LogP contribution in [-0.2, 0) is 16.2 Å².